The van der Waals surface area contributed by atoms with Crippen LogP contribution in [-0.4, -0.2) is 50.1 Å². The van der Waals surface area contributed by atoms with E-state index in [9.17, 15) is 4.39 Å². The molecule has 2 N–H and O–H groups in total. The maximum Gasteiger partial charge on any atom is 0.138 e. The number of rotatable bonds is 4. The summed E-state index contributed by atoms with van der Waals surface area (Å²) in [6.45, 7) is 7.70. The lowest BCUT2D eigenvalue weighted by molar-refractivity contribution is 0.168. The monoisotopic (exact) mass is 396 g/mol. The summed E-state index contributed by atoms with van der Waals surface area (Å²) in [5, 5.41) is 7.04. The summed E-state index contributed by atoms with van der Waals surface area (Å²) in [6, 6.07) is 11.6. The zero-order chi connectivity index (χ0) is 20.4. The summed E-state index contributed by atoms with van der Waals surface area (Å²) >= 11 is 0. The summed E-state index contributed by atoms with van der Waals surface area (Å²) < 4.78 is 19.2. The minimum Gasteiger partial charge on any atom is -0.385 e. The van der Waals surface area contributed by atoms with Crippen LogP contribution in [0.15, 0.2) is 41.4 Å². The Kier molecular flexibility index (Phi) is 5.83. The molecular weight excluding hydrogens is 367 g/mol. The van der Waals surface area contributed by atoms with E-state index in [1.165, 1.54) is 17.7 Å². The van der Waals surface area contributed by atoms with Crippen molar-refractivity contribution < 1.29 is 9.13 Å². The molecule has 0 aromatic heterocycles. The Morgan fingerprint density at radius 3 is 2.83 bits per heavy atom. The zero-order valence-electron chi connectivity index (χ0n) is 17.3. The van der Waals surface area contributed by atoms with Crippen molar-refractivity contribution in [1.82, 2.24) is 10.2 Å². The molecule has 2 heterocycles. The standard InChI is InChI=1S/C23H29FN4O/c1-15(2)16-4-6-20-19(12-16)23(27-22-13-17(24)5-7-21(22)26-20)28-10-9-25-18(14-28)8-11-29-3/h4-7,12-13,15,18,25-26H,8-11,14H2,1-3H3/t18-/m0/s1. The molecule has 2 aromatic carbocycles. The van der Waals surface area contributed by atoms with Crippen LogP contribution in [0.25, 0.3) is 0 Å². The number of piperazine rings is 1. The van der Waals surface area contributed by atoms with E-state index in [4.69, 9.17) is 9.73 Å². The van der Waals surface area contributed by atoms with Crippen LogP contribution in [0.4, 0.5) is 21.5 Å². The van der Waals surface area contributed by atoms with Crippen molar-refractivity contribution in [3.8, 4) is 0 Å². The largest absolute Gasteiger partial charge is 0.385 e. The van der Waals surface area contributed by atoms with Gasteiger partial charge in [-0.2, -0.15) is 0 Å². The van der Waals surface area contributed by atoms with Gasteiger partial charge in [-0.05, 0) is 42.2 Å². The predicted molar refractivity (Wildman–Crippen MR) is 116 cm³/mol. The van der Waals surface area contributed by atoms with E-state index in [1.54, 1.807) is 13.2 Å². The zero-order valence-corrected chi connectivity index (χ0v) is 17.3. The van der Waals surface area contributed by atoms with Crippen LogP contribution >= 0.6 is 0 Å². The molecule has 1 fully saturated rings. The Hall–Kier alpha value is -2.44. The molecule has 154 valence electrons. The van der Waals surface area contributed by atoms with E-state index >= 15 is 0 Å². The van der Waals surface area contributed by atoms with E-state index in [-0.39, 0.29) is 5.82 Å². The van der Waals surface area contributed by atoms with Gasteiger partial charge in [0.1, 0.15) is 11.7 Å². The first-order valence-corrected chi connectivity index (χ1v) is 10.3. The van der Waals surface area contributed by atoms with Gasteiger partial charge < -0.3 is 20.3 Å². The highest BCUT2D eigenvalue weighted by Gasteiger charge is 2.27. The average molecular weight is 397 g/mol. The molecule has 0 unspecified atom stereocenters. The molecule has 0 bridgehead atoms. The van der Waals surface area contributed by atoms with Gasteiger partial charge in [-0.1, -0.05) is 19.9 Å². The number of benzene rings is 2. The third-order valence-corrected chi connectivity index (χ3v) is 5.63. The Balaban J connectivity index is 1.77. The first-order valence-electron chi connectivity index (χ1n) is 10.3. The van der Waals surface area contributed by atoms with Gasteiger partial charge in [-0.3, -0.25) is 0 Å². The van der Waals surface area contributed by atoms with Gasteiger partial charge in [0.2, 0.25) is 0 Å². The number of ether oxygens (including phenoxy) is 1. The molecule has 0 amide bonds. The van der Waals surface area contributed by atoms with E-state index in [2.05, 4.69) is 47.6 Å². The third-order valence-electron chi connectivity index (χ3n) is 5.63. The highest BCUT2D eigenvalue weighted by Crippen LogP contribution is 2.36. The minimum atomic E-state index is -0.277. The van der Waals surface area contributed by atoms with E-state index < -0.39 is 0 Å². The molecule has 0 spiro atoms. The summed E-state index contributed by atoms with van der Waals surface area (Å²) in [6.07, 6.45) is 0.947. The molecule has 5 nitrogen and oxygen atoms in total. The molecule has 2 aliphatic rings. The fourth-order valence-corrected chi connectivity index (χ4v) is 3.95. The van der Waals surface area contributed by atoms with Gasteiger partial charge in [-0.15, -0.1) is 0 Å². The minimum absolute atomic E-state index is 0.277. The number of aliphatic imine (C=N–C) groups is 1. The van der Waals surface area contributed by atoms with Crippen LogP contribution in [0.2, 0.25) is 0 Å². The Morgan fingerprint density at radius 2 is 2.03 bits per heavy atom. The number of anilines is 2. The summed E-state index contributed by atoms with van der Waals surface area (Å²) in [5.41, 5.74) is 4.80. The lowest BCUT2D eigenvalue weighted by Gasteiger charge is -2.36. The van der Waals surface area contributed by atoms with Crippen molar-refractivity contribution in [2.45, 2.75) is 32.2 Å². The molecule has 1 atom stereocenters. The highest BCUT2D eigenvalue weighted by atomic mass is 19.1. The predicted octanol–water partition coefficient (Wildman–Crippen LogP) is 4.39. The molecule has 0 aliphatic carbocycles. The Labute approximate surface area is 172 Å². The van der Waals surface area contributed by atoms with Crippen LogP contribution in [-0.2, 0) is 4.74 Å². The smallest absolute Gasteiger partial charge is 0.138 e. The van der Waals surface area contributed by atoms with Gasteiger partial charge in [-0.25, -0.2) is 9.38 Å². The molecule has 1 saturated heterocycles. The first kappa shape index (κ1) is 19.9. The fourth-order valence-electron chi connectivity index (χ4n) is 3.95. The van der Waals surface area contributed by atoms with E-state index in [1.807, 2.05) is 0 Å². The fraction of sp³-hybridized carbons (Fsp3) is 0.435. The number of halogens is 1. The van der Waals surface area contributed by atoms with Gasteiger partial charge in [0.25, 0.3) is 0 Å². The number of hydrogen-bond acceptors (Lipinski definition) is 5. The second kappa shape index (κ2) is 8.51. The number of amidine groups is 1. The number of fused-ring (bicyclic) bond motifs is 2. The van der Waals surface area contributed by atoms with Gasteiger partial charge in [0.15, 0.2) is 0 Å². The molecule has 29 heavy (non-hydrogen) atoms. The van der Waals surface area contributed by atoms with Crippen molar-refractivity contribution >= 4 is 22.9 Å². The maximum absolute atomic E-state index is 14.0. The van der Waals surface area contributed by atoms with Crippen molar-refractivity contribution in [3.63, 3.8) is 0 Å². The van der Waals surface area contributed by atoms with Gasteiger partial charge in [0, 0.05) is 56.7 Å². The van der Waals surface area contributed by atoms with Crippen LogP contribution in [0.3, 0.4) is 0 Å². The molecule has 2 aliphatic heterocycles. The highest BCUT2D eigenvalue weighted by molar-refractivity contribution is 6.08. The van der Waals surface area contributed by atoms with Crippen LogP contribution < -0.4 is 10.6 Å². The van der Waals surface area contributed by atoms with E-state index in [0.717, 1.165) is 55.4 Å². The lowest BCUT2D eigenvalue weighted by Crippen LogP contribution is -2.53. The molecule has 6 heteroatoms. The van der Waals surface area contributed by atoms with Crippen LogP contribution in [0, 0.1) is 5.82 Å². The lowest BCUT2D eigenvalue weighted by atomic mass is 9.98. The quantitative estimate of drug-likeness (QED) is 0.805. The summed E-state index contributed by atoms with van der Waals surface area (Å²) in [5.74, 6) is 1.05. The molecule has 0 saturated carbocycles. The Bertz CT molecular complexity index is 912. The van der Waals surface area contributed by atoms with Crippen molar-refractivity contribution in [2.75, 3.05) is 38.7 Å². The SMILES string of the molecule is COCC[C@H]1CN(C2=Nc3cc(F)ccc3Nc3ccc(C(C)C)cc32)CCN1. The summed E-state index contributed by atoms with van der Waals surface area (Å²) in [4.78, 5) is 7.28. The summed E-state index contributed by atoms with van der Waals surface area (Å²) in [7, 11) is 1.73. The van der Waals surface area contributed by atoms with Crippen molar-refractivity contribution in [1.29, 1.82) is 0 Å². The Morgan fingerprint density at radius 1 is 1.21 bits per heavy atom. The second-order valence-corrected chi connectivity index (χ2v) is 8.06. The molecule has 2 aromatic rings. The van der Waals surface area contributed by atoms with E-state index in [0.29, 0.717) is 17.6 Å². The number of methoxy groups -OCH3 is 1. The molecular formula is C23H29FN4O. The maximum atomic E-state index is 14.0. The van der Waals surface area contributed by atoms with Gasteiger partial charge in [0.05, 0.1) is 11.4 Å². The first-order chi connectivity index (χ1) is 14.0. The molecule has 0 radical (unpaired) electrons. The second-order valence-electron chi connectivity index (χ2n) is 8.06. The average Bonchev–Trinajstić information content (AvgIpc) is 2.88. The number of nitrogens with one attached hydrogen (secondary N) is 2. The van der Waals surface area contributed by atoms with Crippen molar-refractivity contribution in [2.24, 2.45) is 4.99 Å². The van der Waals surface area contributed by atoms with Crippen LogP contribution in [0.1, 0.15) is 37.3 Å². The van der Waals surface area contributed by atoms with Crippen molar-refractivity contribution in [3.05, 3.63) is 53.3 Å². The number of nitrogens with zero attached hydrogens (tertiary/aromatic N) is 2. The third kappa shape index (κ3) is 4.28. The topological polar surface area (TPSA) is 48.9 Å². The molecule has 4 rings (SSSR count). The van der Waals surface area contributed by atoms with Crippen LogP contribution in [0.5, 0.6) is 0 Å². The normalized spacial score (nSPS) is 18.6. The van der Waals surface area contributed by atoms with Gasteiger partial charge >= 0.3 is 0 Å². The number of hydrogen-bond donors (Lipinski definition) is 2.